The first-order valence-electron chi connectivity index (χ1n) is 8.20. The molecule has 3 rings (SSSR count). The van der Waals surface area contributed by atoms with Crippen LogP contribution in [0.25, 0.3) is 12.2 Å². The Morgan fingerprint density at radius 3 is 2.31 bits per heavy atom. The van der Waals surface area contributed by atoms with E-state index < -0.39 is 29.5 Å². The Bertz CT molecular complexity index is 1040. The van der Waals surface area contributed by atoms with Crippen molar-refractivity contribution >= 4 is 35.6 Å². The number of halogens is 3. The highest BCUT2D eigenvalue weighted by Gasteiger charge is 2.36. The number of alkyl halides is 3. The summed E-state index contributed by atoms with van der Waals surface area (Å²) >= 11 is 0. The molecule has 2 aromatic carbocycles. The monoisotopic (exact) mass is 402 g/mol. The lowest BCUT2D eigenvalue weighted by Crippen LogP contribution is -2.35. The molecule has 2 N–H and O–H groups in total. The molecule has 1 fully saturated rings. The van der Waals surface area contributed by atoms with Crippen molar-refractivity contribution in [2.45, 2.75) is 6.18 Å². The fourth-order valence-corrected chi connectivity index (χ4v) is 2.60. The largest absolute Gasteiger partial charge is 0.478 e. The molecule has 148 valence electrons. The Morgan fingerprint density at radius 1 is 1.03 bits per heavy atom. The molecule has 1 aliphatic heterocycles. The molecule has 9 heteroatoms. The predicted molar refractivity (Wildman–Crippen MR) is 98.2 cm³/mol. The van der Waals surface area contributed by atoms with Crippen molar-refractivity contribution in [2.75, 3.05) is 5.01 Å². The zero-order valence-electron chi connectivity index (χ0n) is 14.6. The molecule has 0 spiro atoms. The Kier molecular flexibility index (Phi) is 5.22. The van der Waals surface area contributed by atoms with Crippen molar-refractivity contribution in [3.8, 4) is 0 Å². The second-order valence-corrected chi connectivity index (χ2v) is 6.03. The van der Waals surface area contributed by atoms with E-state index in [4.69, 9.17) is 5.11 Å². The maximum Gasteiger partial charge on any atom is 0.416 e. The van der Waals surface area contributed by atoms with Gasteiger partial charge >= 0.3 is 12.1 Å². The van der Waals surface area contributed by atoms with Crippen LogP contribution in [0.4, 0.5) is 18.9 Å². The molecule has 0 bridgehead atoms. The normalized spacial score (nSPS) is 16.0. The fraction of sp³-hybridized carbons (Fsp3) is 0.0500. The SMILES string of the molecule is O=C(O)/C=C/c1ccc(/C=C2\C(=O)NN(c3cccc(C(F)(F)F)c3)C2=O)cc1. The van der Waals surface area contributed by atoms with Gasteiger partial charge in [0.05, 0.1) is 11.3 Å². The van der Waals surface area contributed by atoms with E-state index in [1.165, 1.54) is 18.2 Å². The van der Waals surface area contributed by atoms with Crippen molar-refractivity contribution in [3.63, 3.8) is 0 Å². The number of carboxylic acids is 1. The van der Waals surface area contributed by atoms with Crippen LogP contribution in [0.3, 0.4) is 0 Å². The molecule has 0 unspecified atom stereocenters. The molecule has 29 heavy (non-hydrogen) atoms. The van der Waals surface area contributed by atoms with Crippen LogP contribution < -0.4 is 10.4 Å². The van der Waals surface area contributed by atoms with Gasteiger partial charge in [0, 0.05) is 6.08 Å². The molecule has 1 saturated heterocycles. The third-order valence-electron chi connectivity index (χ3n) is 3.99. The van der Waals surface area contributed by atoms with E-state index in [0.717, 1.165) is 29.3 Å². The molecule has 2 aromatic rings. The molecule has 0 saturated carbocycles. The number of carbonyl (C=O) groups excluding carboxylic acids is 2. The Morgan fingerprint density at radius 2 is 1.69 bits per heavy atom. The molecule has 2 amide bonds. The van der Waals surface area contributed by atoms with Crippen molar-refractivity contribution in [3.05, 3.63) is 76.9 Å². The van der Waals surface area contributed by atoms with Crippen molar-refractivity contribution in [2.24, 2.45) is 0 Å². The van der Waals surface area contributed by atoms with Gasteiger partial charge in [-0.3, -0.25) is 15.0 Å². The summed E-state index contributed by atoms with van der Waals surface area (Å²) in [5.41, 5.74) is 2.03. The Balaban J connectivity index is 1.85. The number of carbonyl (C=O) groups is 3. The van der Waals surface area contributed by atoms with E-state index in [0.29, 0.717) is 11.1 Å². The zero-order chi connectivity index (χ0) is 21.2. The highest BCUT2D eigenvalue weighted by atomic mass is 19.4. The molecular formula is C20H13F3N2O4. The average molecular weight is 402 g/mol. The van der Waals surface area contributed by atoms with Gasteiger partial charge < -0.3 is 5.11 Å². The van der Waals surface area contributed by atoms with Gasteiger partial charge in [0.1, 0.15) is 5.57 Å². The number of benzene rings is 2. The first kappa shape index (κ1) is 19.9. The Labute approximate surface area is 162 Å². The number of amides is 2. The molecule has 0 aromatic heterocycles. The second-order valence-electron chi connectivity index (χ2n) is 6.03. The quantitative estimate of drug-likeness (QED) is 0.607. The summed E-state index contributed by atoms with van der Waals surface area (Å²) in [4.78, 5) is 35.2. The van der Waals surface area contributed by atoms with E-state index in [1.807, 2.05) is 0 Å². The lowest BCUT2D eigenvalue weighted by atomic mass is 10.1. The van der Waals surface area contributed by atoms with Gasteiger partial charge in [0.15, 0.2) is 0 Å². The summed E-state index contributed by atoms with van der Waals surface area (Å²) in [5.74, 6) is -2.63. The van der Waals surface area contributed by atoms with Crippen molar-refractivity contribution in [1.82, 2.24) is 5.43 Å². The summed E-state index contributed by atoms with van der Waals surface area (Å²) < 4.78 is 38.7. The summed E-state index contributed by atoms with van der Waals surface area (Å²) in [6, 6.07) is 10.4. The number of aliphatic carboxylic acids is 1. The van der Waals surface area contributed by atoms with Crippen molar-refractivity contribution < 1.29 is 32.7 Å². The molecule has 0 atom stereocenters. The lowest BCUT2D eigenvalue weighted by Gasteiger charge is -2.16. The topological polar surface area (TPSA) is 86.7 Å². The van der Waals surface area contributed by atoms with Crippen molar-refractivity contribution in [1.29, 1.82) is 0 Å². The number of rotatable bonds is 4. The van der Waals surface area contributed by atoms with Gasteiger partial charge in [-0.25, -0.2) is 9.80 Å². The van der Waals surface area contributed by atoms with E-state index in [2.05, 4.69) is 5.43 Å². The minimum atomic E-state index is -4.59. The first-order valence-corrected chi connectivity index (χ1v) is 8.20. The van der Waals surface area contributed by atoms with E-state index in [-0.39, 0.29) is 11.3 Å². The Hall–Kier alpha value is -3.88. The second kappa shape index (κ2) is 7.63. The van der Waals surface area contributed by atoms with E-state index in [9.17, 15) is 27.6 Å². The highest BCUT2D eigenvalue weighted by Crippen LogP contribution is 2.32. The molecule has 6 nitrogen and oxygen atoms in total. The summed E-state index contributed by atoms with van der Waals surface area (Å²) in [6.45, 7) is 0. The maximum absolute atomic E-state index is 12.9. The number of hydrogen-bond acceptors (Lipinski definition) is 3. The van der Waals surface area contributed by atoms with Gasteiger partial charge in [-0.2, -0.15) is 13.2 Å². The molecule has 0 radical (unpaired) electrons. The fourth-order valence-electron chi connectivity index (χ4n) is 2.60. The molecule has 1 heterocycles. The maximum atomic E-state index is 12.9. The van der Waals surface area contributed by atoms with Crippen LogP contribution in [0.5, 0.6) is 0 Å². The number of carboxylic acid groups (broad SMARTS) is 1. The number of anilines is 1. The smallest absolute Gasteiger partial charge is 0.416 e. The molecule has 1 aliphatic rings. The van der Waals surface area contributed by atoms with Crippen LogP contribution >= 0.6 is 0 Å². The number of nitrogens with one attached hydrogen (secondary N) is 1. The van der Waals surface area contributed by atoms with Crippen LogP contribution in [0.1, 0.15) is 16.7 Å². The summed E-state index contributed by atoms with van der Waals surface area (Å²) in [7, 11) is 0. The highest BCUT2D eigenvalue weighted by molar-refractivity contribution is 6.31. The van der Waals surface area contributed by atoms with Crippen LogP contribution in [-0.4, -0.2) is 22.9 Å². The molecular weight excluding hydrogens is 389 g/mol. The minimum Gasteiger partial charge on any atom is -0.478 e. The van der Waals surface area contributed by atoms with Crippen LogP contribution in [0.15, 0.2) is 60.2 Å². The van der Waals surface area contributed by atoms with Gasteiger partial charge in [-0.1, -0.05) is 30.3 Å². The summed E-state index contributed by atoms with van der Waals surface area (Å²) in [6.07, 6.45) is -0.940. The first-order chi connectivity index (χ1) is 13.6. The average Bonchev–Trinajstić information content (AvgIpc) is 2.95. The van der Waals surface area contributed by atoms with Crippen LogP contribution in [0.2, 0.25) is 0 Å². The van der Waals surface area contributed by atoms with Crippen LogP contribution in [-0.2, 0) is 20.6 Å². The van der Waals surface area contributed by atoms with Crippen LogP contribution in [0, 0.1) is 0 Å². The van der Waals surface area contributed by atoms with Gasteiger partial charge in [-0.15, -0.1) is 0 Å². The zero-order valence-corrected chi connectivity index (χ0v) is 14.6. The number of nitrogens with zero attached hydrogens (tertiary/aromatic N) is 1. The standard InChI is InChI=1S/C20H13F3N2O4/c21-20(22,23)14-2-1-3-15(11-14)25-19(29)16(18(28)24-25)10-13-6-4-12(5-7-13)8-9-17(26)27/h1-11H,(H,24,28)(H,26,27)/b9-8+,16-10+. The van der Waals surface area contributed by atoms with E-state index in [1.54, 1.807) is 24.3 Å². The van der Waals surface area contributed by atoms with Gasteiger partial charge in [-0.05, 0) is 41.5 Å². The number of hydrazine groups is 1. The molecule has 0 aliphatic carbocycles. The lowest BCUT2D eigenvalue weighted by molar-refractivity contribution is -0.137. The van der Waals surface area contributed by atoms with Gasteiger partial charge in [0.2, 0.25) is 0 Å². The summed E-state index contributed by atoms with van der Waals surface area (Å²) in [5, 5.41) is 9.37. The van der Waals surface area contributed by atoms with Gasteiger partial charge in [0.25, 0.3) is 11.8 Å². The third-order valence-corrected chi connectivity index (χ3v) is 3.99. The van der Waals surface area contributed by atoms with E-state index >= 15 is 0 Å². The predicted octanol–water partition coefficient (Wildman–Crippen LogP) is 3.26. The third kappa shape index (κ3) is 4.52. The minimum absolute atomic E-state index is 0.115. The number of hydrogen-bond donors (Lipinski definition) is 2.